The van der Waals surface area contributed by atoms with E-state index >= 15 is 0 Å². The summed E-state index contributed by atoms with van der Waals surface area (Å²) >= 11 is 0. The number of aromatic nitrogens is 1. The van der Waals surface area contributed by atoms with Crippen LogP contribution < -0.4 is 10.5 Å². The van der Waals surface area contributed by atoms with Gasteiger partial charge in [-0.1, -0.05) is 19.1 Å². The van der Waals surface area contributed by atoms with Crippen LogP contribution in [0, 0.1) is 11.3 Å². The Kier molecular flexibility index (Phi) is 4.44. The van der Waals surface area contributed by atoms with E-state index in [0.717, 1.165) is 17.7 Å². The van der Waals surface area contributed by atoms with E-state index in [9.17, 15) is 5.26 Å². The highest BCUT2D eigenvalue weighted by Gasteiger charge is 2.22. The highest BCUT2D eigenvalue weighted by Crippen LogP contribution is 2.26. The number of hydrogen-bond donors (Lipinski definition) is 1. The second-order valence-corrected chi connectivity index (χ2v) is 4.70. The number of hydrogen-bond acceptors (Lipinski definition) is 3. The van der Waals surface area contributed by atoms with Crippen LogP contribution in [0.1, 0.15) is 30.6 Å². The largest absolute Gasteiger partial charge is 0.497 e. The van der Waals surface area contributed by atoms with Crippen molar-refractivity contribution in [2.45, 2.75) is 25.4 Å². The Labute approximate surface area is 119 Å². The van der Waals surface area contributed by atoms with Gasteiger partial charge in [0, 0.05) is 12.2 Å². The van der Waals surface area contributed by atoms with Crippen molar-refractivity contribution < 1.29 is 4.74 Å². The Balaban J connectivity index is 2.45. The number of rotatable bonds is 5. The van der Waals surface area contributed by atoms with Crippen LogP contribution in [0.25, 0.3) is 0 Å². The molecule has 0 bridgehead atoms. The zero-order chi connectivity index (χ0) is 14.5. The van der Waals surface area contributed by atoms with Crippen LogP contribution in [-0.2, 0) is 0 Å². The smallest absolute Gasteiger partial charge is 0.120 e. The molecular formula is C16H19N3O. The Morgan fingerprint density at radius 2 is 2.00 bits per heavy atom. The SMILES string of the molecule is CCC(N)C(c1ccc(OC)cc1)n1cccc1C#N. The molecule has 1 aromatic carbocycles. The van der Waals surface area contributed by atoms with Gasteiger partial charge in [0.15, 0.2) is 0 Å². The Morgan fingerprint density at radius 3 is 2.55 bits per heavy atom. The lowest BCUT2D eigenvalue weighted by Crippen LogP contribution is -2.32. The molecule has 2 rings (SSSR count). The van der Waals surface area contributed by atoms with Gasteiger partial charge < -0.3 is 15.0 Å². The molecule has 2 N–H and O–H groups in total. The van der Waals surface area contributed by atoms with Crippen LogP contribution >= 0.6 is 0 Å². The highest BCUT2D eigenvalue weighted by molar-refractivity contribution is 5.33. The normalized spacial score (nSPS) is 13.5. The summed E-state index contributed by atoms with van der Waals surface area (Å²) in [6, 6.07) is 13.6. The summed E-state index contributed by atoms with van der Waals surface area (Å²) in [5.74, 6) is 0.811. The quantitative estimate of drug-likeness (QED) is 0.907. The van der Waals surface area contributed by atoms with Crippen LogP contribution in [-0.4, -0.2) is 17.7 Å². The van der Waals surface area contributed by atoms with Crippen molar-refractivity contribution in [1.82, 2.24) is 4.57 Å². The minimum atomic E-state index is -0.0529. The molecular weight excluding hydrogens is 250 g/mol. The maximum atomic E-state index is 9.21. The van der Waals surface area contributed by atoms with Crippen molar-refractivity contribution in [2.24, 2.45) is 5.73 Å². The molecule has 0 aliphatic carbocycles. The number of ether oxygens (including phenoxy) is 1. The number of nitriles is 1. The third-order valence-corrected chi connectivity index (χ3v) is 3.53. The standard InChI is InChI=1S/C16H19N3O/c1-3-15(18)16(19-10-4-5-13(19)11-17)12-6-8-14(20-2)9-7-12/h4-10,15-16H,3,18H2,1-2H3. The molecule has 4 nitrogen and oxygen atoms in total. The maximum absolute atomic E-state index is 9.21. The molecule has 1 heterocycles. The van der Waals surface area contributed by atoms with Gasteiger partial charge in [0.1, 0.15) is 17.5 Å². The minimum absolute atomic E-state index is 0.0458. The lowest BCUT2D eigenvalue weighted by Gasteiger charge is -2.26. The molecule has 0 amide bonds. The van der Waals surface area contributed by atoms with Crippen LogP contribution in [0.5, 0.6) is 5.75 Å². The fraction of sp³-hybridized carbons (Fsp3) is 0.312. The summed E-state index contributed by atoms with van der Waals surface area (Å²) in [6.07, 6.45) is 2.74. The topological polar surface area (TPSA) is 64.0 Å². The molecule has 0 spiro atoms. The molecule has 2 unspecified atom stereocenters. The van der Waals surface area contributed by atoms with Crippen molar-refractivity contribution in [3.8, 4) is 11.8 Å². The van der Waals surface area contributed by atoms with E-state index in [1.165, 1.54) is 0 Å². The lowest BCUT2D eigenvalue weighted by molar-refractivity contribution is 0.413. The van der Waals surface area contributed by atoms with E-state index in [0.29, 0.717) is 5.69 Å². The first-order valence-electron chi connectivity index (χ1n) is 6.67. The first-order chi connectivity index (χ1) is 9.71. The summed E-state index contributed by atoms with van der Waals surface area (Å²) in [6.45, 7) is 2.05. The van der Waals surface area contributed by atoms with Gasteiger partial charge in [0.05, 0.1) is 13.2 Å². The number of nitrogens with two attached hydrogens (primary N) is 1. The minimum Gasteiger partial charge on any atom is -0.497 e. The molecule has 20 heavy (non-hydrogen) atoms. The van der Waals surface area contributed by atoms with Crippen LogP contribution in [0.4, 0.5) is 0 Å². The molecule has 2 aromatic rings. The molecule has 1 aromatic heterocycles. The van der Waals surface area contributed by atoms with Crippen LogP contribution in [0.15, 0.2) is 42.6 Å². The molecule has 2 atom stereocenters. The number of benzene rings is 1. The van der Waals surface area contributed by atoms with Gasteiger partial charge in [-0.15, -0.1) is 0 Å². The molecule has 0 radical (unpaired) electrons. The van der Waals surface area contributed by atoms with E-state index in [-0.39, 0.29) is 12.1 Å². The van der Waals surface area contributed by atoms with Crippen molar-refractivity contribution in [3.05, 3.63) is 53.9 Å². The zero-order valence-corrected chi connectivity index (χ0v) is 11.8. The summed E-state index contributed by atoms with van der Waals surface area (Å²) in [7, 11) is 1.64. The summed E-state index contributed by atoms with van der Waals surface area (Å²) in [5.41, 5.74) is 7.97. The predicted octanol–water partition coefficient (Wildman–Crippen LogP) is 2.70. The second-order valence-electron chi connectivity index (χ2n) is 4.70. The van der Waals surface area contributed by atoms with Crippen molar-refractivity contribution in [2.75, 3.05) is 7.11 Å². The van der Waals surface area contributed by atoms with E-state index < -0.39 is 0 Å². The van der Waals surface area contributed by atoms with Gasteiger partial charge in [-0.2, -0.15) is 5.26 Å². The van der Waals surface area contributed by atoms with Gasteiger partial charge in [-0.25, -0.2) is 0 Å². The molecule has 4 heteroatoms. The summed E-state index contributed by atoms with van der Waals surface area (Å²) in [4.78, 5) is 0. The summed E-state index contributed by atoms with van der Waals surface area (Å²) < 4.78 is 7.12. The Bertz CT molecular complexity index is 595. The average molecular weight is 269 g/mol. The average Bonchev–Trinajstić information content (AvgIpc) is 2.96. The maximum Gasteiger partial charge on any atom is 0.120 e. The fourth-order valence-electron chi connectivity index (χ4n) is 2.37. The van der Waals surface area contributed by atoms with Gasteiger partial charge in [0.25, 0.3) is 0 Å². The first-order valence-corrected chi connectivity index (χ1v) is 6.67. The van der Waals surface area contributed by atoms with Crippen molar-refractivity contribution in [1.29, 1.82) is 5.26 Å². The number of nitrogens with zero attached hydrogens (tertiary/aromatic N) is 2. The molecule has 0 saturated carbocycles. The molecule has 104 valence electrons. The molecule has 0 aliphatic rings. The molecule has 0 saturated heterocycles. The van der Waals surface area contributed by atoms with Crippen molar-refractivity contribution in [3.63, 3.8) is 0 Å². The van der Waals surface area contributed by atoms with Gasteiger partial charge in [0.2, 0.25) is 0 Å². The third-order valence-electron chi connectivity index (χ3n) is 3.53. The van der Waals surface area contributed by atoms with E-state index in [1.807, 2.05) is 41.1 Å². The van der Waals surface area contributed by atoms with Crippen LogP contribution in [0.2, 0.25) is 0 Å². The fourth-order valence-corrected chi connectivity index (χ4v) is 2.37. The monoisotopic (exact) mass is 269 g/mol. The highest BCUT2D eigenvalue weighted by atomic mass is 16.5. The lowest BCUT2D eigenvalue weighted by atomic mass is 9.97. The van der Waals surface area contributed by atoms with Crippen LogP contribution in [0.3, 0.4) is 0 Å². The van der Waals surface area contributed by atoms with E-state index in [2.05, 4.69) is 13.0 Å². The Morgan fingerprint density at radius 1 is 1.30 bits per heavy atom. The molecule has 0 fully saturated rings. The Hall–Kier alpha value is -2.25. The van der Waals surface area contributed by atoms with Gasteiger partial charge in [-0.3, -0.25) is 0 Å². The first kappa shape index (κ1) is 14.2. The third kappa shape index (κ3) is 2.68. The van der Waals surface area contributed by atoms with E-state index in [4.69, 9.17) is 10.5 Å². The zero-order valence-electron chi connectivity index (χ0n) is 11.8. The second kappa shape index (κ2) is 6.27. The van der Waals surface area contributed by atoms with Gasteiger partial charge in [-0.05, 0) is 36.2 Å². The summed E-state index contributed by atoms with van der Waals surface area (Å²) in [5, 5.41) is 9.21. The molecule has 0 aliphatic heterocycles. The van der Waals surface area contributed by atoms with Gasteiger partial charge >= 0.3 is 0 Å². The van der Waals surface area contributed by atoms with Crippen molar-refractivity contribution >= 4 is 0 Å². The predicted molar refractivity (Wildman–Crippen MR) is 78.5 cm³/mol. The van der Waals surface area contributed by atoms with E-state index in [1.54, 1.807) is 13.2 Å². The number of methoxy groups -OCH3 is 1.